The summed E-state index contributed by atoms with van der Waals surface area (Å²) in [5.41, 5.74) is 2.36. The number of benzene rings is 1. The second-order valence-corrected chi connectivity index (χ2v) is 4.57. The number of nitrogens with zero attached hydrogens (tertiary/aromatic N) is 1. The maximum absolute atomic E-state index is 3.99. The number of rotatable bonds is 1. The summed E-state index contributed by atoms with van der Waals surface area (Å²) in [6.07, 6.45) is 3.59. The lowest BCUT2D eigenvalue weighted by molar-refractivity contribution is 1.33. The first kappa shape index (κ1) is 9.87. The van der Waals surface area contributed by atoms with E-state index in [4.69, 9.17) is 0 Å². The molecule has 0 aliphatic heterocycles. The fourth-order valence-electron chi connectivity index (χ4n) is 1.22. The van der Waals surface area contributed by atoms with Gasteiger partial charge >= 0.3 is 0 Å². The fraction of sp³-hybridized carbons (Fsp3) is 0. The van der Waals surface area contributed by atoms with E-state index in [1.165, 1.54) is 11.1 Å². The number of pyridine rings is 1. The van der Waals surface area contributed by atoms with Crippen molar-refractivity contribution in [2.24, 2.45) is 0 Å². The van der Waals surface area contributed by atoms with Crippen LogP contribution >= 0.6 is 31.9 Å². The average Bonchev–Trinajstić information content (AvgIpc) is 2.23. The van der Waals surface area contributed by atoms with Crippen LogP contribution in [0, 0.1) is 0 Å². The van der Waals surface area contributed by atoms with Crippen LogP contribution in [0.1, 0.15) is 0 Å². The Morgan fingerprint density at radius 2 is 1.50 bits per heavy atom. The van der Waals surface area contributed by atoms with E-state index in [1.807, 2.05) is 18.2 Å². The SMILES string of the molecule is Brc1ccc(-c2ccncc2)cc1Br. The maximum Gasteiger partial charge on any atom is 0.0323 e. The van der Waals surface area contributed by atoms with Gasteiger partial charge in [-0.3, -0.25) is 4.98 Å². The lowest BCUT2D eigenvalue weighted by Gasteiger charge is -2.02. The van der Waals surface area contributed by atoms with Crippen LogP contribution in [-0.4, -0.2) is 4.98 Å². The van der Waals surface area contributed by atoms with Crippen molar-refractivity contribution in [2.75, 3.05) is 0 Å². The van der Waals surface area contributed by atoms with Gasteiger partial charge in [0.1, 0.15) is 0 Å². The Balaban J connectivity index is 2.48. The Bertz CT molecular complexity index is 440. The molecule has 0 atom stereocenters. The van der Waals surface area contributed by atoms with Crippen molar-refractivity contribution in [3.05, 3.63) is 51.7 Å². The number of hydrogen-bond donors (Lipinski definition) is 0. The summed E-state index contributed by atoms with van der Waals surface area (Å²) in [6.45, 7) is 0. The van der Waals surface area contributed by atoms with Crippen LogP contribution in [0.25, 0.3) is 11.1 Å². The lowest BCUT2D eigenvalue weighted by Crippen LogP contribution is -1.79. The van der Waals surface area contributed by atoms with E-state index in [1.54, 1.807) is 12.4 Å². The topological polar surface area (TPSA) is 12.9 Å². The second-order valence-electron chi connectivity index (χ2n) is 2.86. The third kappa shape index (κ3) is 2.04. The third-order valence-corrected chi connectivity index (χ3v) is 3.81. The molecule has 2 aromatic rings. The Labute approximate surface area is 99.4 Å². The van der Waals surface area contributed by atoms with E-state index in [9.17, 15) is 0 Å². The van der Waals surface area contributed by atoms with Crippen molar-refractivity contribution in [1.82, 2.24) is 4.98 Å². The van der Waals surface area contributed by atoms with E-state index in [2.05, 4.69) is 49.0 Å². The van der Waals surface area contributed by atoms with Crippen molar-refractivity contribution < 1.29 is 0 Å². The Kier molecular flexibility index (Phi) is 2.99. The van der Waals surface area contributed by atoms with Crippen LogP contribution < -0.4 is 0 Å². The first-order valence-corrected chi connectivity index (χ1v) is 5.71. The maximum atomic E-state index is 3.99. The van der Waals surface area contributed by atoms with Crippen LogP contribution in [0.5, 0.6) is 0 Å². The summed E-state index contributed by atoms with van der Waals surface area (Å²) in [4.78, 5) is 3.99. The van der Waals surface area contributed by atoms with E-state index >= 15 is 0 Å². The van der Waals surface area contributed by atoms with Crippen molar-refractivity contribution in [2.45, 2.75) is 0 Å². The number of aromatic nitrogens is 1. The van der Waals surface area contributed by atoms with Gasteiger partial charge in [-0.25, -0.2) is 0 Å². The fourth-order valence-corrected chi connectivity index (χ4v) is 1.85. The lowest BCUT2D eigenvalue weighted by atomic mass is 10.1. The van der Waals surface area contributed by atoms with Crippen LogP contribution in [0.3, 0.4) is 0 Å². The summed E-state index contributed by atoms with van der Waals surface area (Å²) in [5, 5.41) is 0. The minimum absolute atomic E-state index is 1.06. The van der Waals surface area contributed by atoms with Crippen LogP contribution in [0.2, 0.25) is 0 Å². The highest BCUT2D eigenvalue weighted by Gasteiger charge is 2.00. The zero-order valence-corrected chi connectivity index (χ0v) is 10.4. The molecule has 2 rings (SSSR count). The molecular formula is C11H7Br2N. The van der Waals surface area contributed by atoms with Gasteiger partial charge in [-0.05, 0) is 67.3 Å². The van der Waals surface area contributed by atoms with Crippen LogP contribution in [0.15, 0.2) is 51.7 Å². The average molecular weight is 313 g/mol. The normalized spacial score (nSPS) is 10.1. The quantitative estimate of drug-likeness (QED) is 0.766. The van der Waals surface area contributed by atoms with Crippen molar-refractivity contribution in [1.29, 1.82) is 0 Å². The largest absolute Gasteiger partial charge is 0.265 e. The van der Waals surface area contributed by atoms with Gasteiger partial charge in [0.05, 0.1) is 0 Å². The molecule has 0 unspecified atom stereocenters. The monoisotopic (exact) mass is 311 g/mol. The molecule has 0 saturated heterocycles. The van der Waals surface area contributed by atoms with Gasteiger partial charge < -0.3 is 0 Å². The predicted octanol–water partition coefficient (Wildman–Crippen LogP) is 4.27. The highest BCUT2D eigenvalue weighted by Crippen LogP contribution is 2.28. The highest BCUT2D eigenvalue weighted by molar-refractivity contribution is 9.13. The van der Waals surface area contributed by atoms with Crippen LogP contribution in [0.4, 0.5) is 0 Å². The summed E-state index contributed by atoms with van der Waals surface area (Å²) in [6, 6.07) is 10.2. The Morgan fingerprint density at radius 1 is 0.786 bits per heavy atom. The minimum Gasteiger partial charge on any atom is -0.265 e. The molecule has 1 nitrogen and oxygen atoms in total. The second kappa shape index (κ2) is 4.24. The third-order valence-electron chi connectivity index (χ3n) is 1.93. The molecule has 0 aliphatic carbocycles. The van der Waals surface area contributed by atoms with Gasteiger partial charge in [-0.1, -0.05) is 6.07 Å². The van der Waals surface area contributed by atoms with Crippen molar-refractivity contribution in [3.63, 3.8) is 0 Å². The summed E-state index contributed by atoms with van der Waals surface area (Å²) >= 11 is 6.92. The van der Waals surface area contributed by atoms with Gasteiger partial charge in [0.25, 0.3) is 0 Å². The number of hydrogen-bond acceptors (Lipinski definition) is 1. The van der Waals surface area contributed by atoms with Gasteiger partial charge in [-0.15, -0.1) is 0 Å². The molecule has 14 heavy (non-hydrogen) atoms. The highest BCUT2D eigenvalue weighted by atomic mass is 79.9. The molecule has 1 aromatic heterocycles. The van der Waals surface area contributed by atoms with Gasteiger partial charge in [0.2, 0.25) is 0 Å². The summed E-state index contributed by atoms with van der Waals surface area (Å²) < 4.78 is 2.13. The van der Waals surface area contributed by atoms with E-state index in [0.717, 1.165) is 8.95 Å². The molecule has 0 bridgehead atoms. The Hall–Kier alpha value is -0.670. The molecule has 3 heteroatoms. The van der Waals surface area contributed by atoms with E-state index in [-0.39, 0.29) is 0 Å². The molecular weight excluding hydrogens is 306 g/mol. The van der Waals surface area contributed by atoms with E-state index < -0.39 is 0 Å². The summed E-state index contributed by atoms with van der Waals surface area (Å²) in [7, 11) is 0. The molecule has 0 amide bonds. The molecule has 0 saturated carbocycles. The van der Waals surface area contributed by atoms with Gasteiger partial charge in [0, 0.05) is 21.3 Å². The van der Waals surface area contributed by atoms with Crippen molar-refractivity contribution in [3.8, 4) is 11.1 Å². The smallest absolute Gasteiger partial charge is 0.0323 e. The van der Waals surface area contributed by atoms with E-state index in [0.29, 0.717) is 0 Å². The predicted molar refractivity (Wildman–Crippen MR) is 65.1 cm³/mol. The minimum atomic E-state index is 1.06. The summed E-state index contributed by atoms with van der Waals surface area (Å²) in [5.74, 6) is 0. The molecule has 70 valence electrons. The van der Waals surface area contributed by atoms with Crippen LogP contribution in [-0.2, 0) is 0 Å². The number of halogens is 2. The molecule has 1 aromatic carbocycles. The zero-order chi connectivity index (χ0) is 9.97. The molecule has 0 spiro atoms. The molecule has 0 N–H and O–H groups in total. The molecule has 0 radical (unpaired) electrons. The molecule has 1 heterocycles. The molecule has 0 fully saturated rings. The van der Waals surface area contributed by atoms with Gasteiger partial charge in [-0.2, -0.15) is 0 Å². The first-order valence-electron chi connectivity index (χ1n) is 4.13. The van der Waals surface area contributed by atoms with Crippen molar-refractivity contribution >= 4 is 31.9 Å². The van der Waals surface area contributed by atoms with Gasteiger partial charge in [0.15, 0.2) is 0 Å². The zero-order valence-electron chi connectivity index (χ0n) is 7.24. The molecule has 0 aliphatic rings. The standard InChI is InChI=1S/C11H7Br2N/c12-10-2-1-9(7-11(10)13)8-3-5-14-6-4-8/h1-7H. The Morgan fingerprint density at radius 3 is 2.14 bits per heavy atom. The first-order chi connectivity index (χ1) is 6.77.